The average molecular weight is 313 g/mol. The van der Waals surface area contributed by atoms with Crippen molar-refractivity contribution >= 4 is 5.91 Å². The Bertz CT molecular complexity index is 617. The highest BCUT2D eigenvalue weighted by molar-refractivity contribution is 5.76. The third-order valence-corrected chi connectivity index (χ3v) is 4.32. The Balaban J connectivity index is 1.60. The third kappa shape index (κ3) is 4.23. The Morgan fingerprint density at radius 3 is 2.61 bits per heavy atom. The highest BCUT2D eigenvalue weighted by Crippen LogP contribution is 2.27. The molecule has 23 heavy (non-hydrogen) atoms. The first kappa shape index (κ1) is 15.8. The van der Waals surface area contributed by atoms with Gasteiger partial charge in [-0.05, 0) is 24.1 Å². The number of hydrogen-bond acceptors (Lipinski definition) is 3. The summed E-state index contributed by atoms with van der Waals surface area (Å²) in [6, 6.07) is 14.0. The van der Waals surface area contributed by atoms with Gasteiger partial charge in [-0.3, -0.25) is 4.79 Å². The summed E-state index contributed by atoms with van der Waals surface area (Å²) in [6.07, 6.45) is 2.89. The van der Waals surface area contributed by atoms with E-state index < -0.39 is 0 Å². The first-order chi connectivity index (χ1) is 11.1. The van der Waals surface area contributed by atoms with Gasteiger partial charge in [-0.25, -0.2) is 0 Å². The van der Waals surface area contributed by atoms with Crippen molar-refractivity contribution in [3.8, 4) is 0 Å². The van der Waals surface area contributed by atoms with Crippen LogP contribution >= 0.6 is 0 Å². The minimum atomic E-state index is 0.0536. The van der Waals surface area contributed by atoms with Gasteiger partial charge >= 0.3 is 0 Å². The lowest BCUT2D eigenvalue weighted by Gasteiger charge is -2.38. The molecule has 1 aromatic heterocycles. The molecule has 1 amide bonds. The van der Waals surface area contributed by atoms with Gasteiger partial charge in [0.25, 0.3) is 0 Å². The SMILES string of the molecule is CC1(CNC(=O)CC(Cc2ccccc2)c2ccco2)COC1. The van der Waals surface area contributed by atoms with E-state index in [4.69, 9.17) is 9.15 Å². The maximum atomic E-state index is 12.3. The molecule has 2 aromatic rings. The van der Waals surface area contributed by atoms with Gasteiger partial charge in [-0.2, -0.15) is 0 Å². The molecule has 3 rings (SSSR count). The van der Waals surface area contributed by atoms with Gasteiger partial charge < -0.3 is 14.5 Å². The van der Waals surface area contributed by atoms with Gasteiger partial charge in [-0.15, -0.1) is 0 Å². The lowest BCUT2D eigenvalue weighted by Crippen LogP contribution is -2.48. The van der Waals surface area contributed by atoms with Gasteiger partial charge in [0.2, 0.25) is 5.91 Å². The molecule has 122 valence electrons. The normalized spacial score (nSPS) is 17.3. The molecule has 1 atom stereocenters. The first-order valence-electron chi connectivity index (χ1n) is 8.06. The molecule has 1 unspecified atom stereocenters. The van der Waals surface area contributed by atoms with Gasteiger partial charge in [-0.1, -0.05) is 37.3 Å². The zero-order valence-electron chi connectivity index (χ0n) is 13.5. The van der Waals surface area contributed by atoms with Crippen molar-refractivity contribution in [1.82, 2.24) is 5.32 Å². The zero-order valence-corrected chi connectivity index (χ0v) is 13.5. The second kappa shape index (κ2) is 7.01. The summed E-state index contributed by atoms with van der Waals surface area (Å²) in [7, 11) is 0. The average Bonchev–Trinajstić information content (AvgIpc) is 3.06. The molecule has 0 bridgehead atoms. The highest BCUT2D eigenvalue weighted by atomic mass is 16.5. The maximum Gasteiger partial charge on any atom is 0.220 e. The Morgan fingerprint density at radius 1 is 1.22 bits per heavy atom. The fourth-order valence-electron chi connectivity index (χ4n) is 2.86. The Morgan fingerprint density at radius 2 is 2.00 bits per heavy atom. The van der Waals surface area contributed by atoms with Crippen LogP contribution < -0.4 is 5.32 Å². The zero-order chi connectivity index (χ0) is 16.1. The minimum Gasteiger partial charge on any atom is -0.469 e. The van der Waals surface area contributed by atoms with Crippen molar-refractivity contribution in [2.45, 2.75) is 25.7 Å². The van der Waals surface area contributed by atoms with Crippen LogP contribution in [0.1, 0.15) is 30.6 Å². The molecule has 1 N–H and O–H groups in total. The highest BCUT2D eigenvalue weighted by Gasteiger charge is 2.33. The molecule has 4 nitrogen and oxygen atoms in total. The predicted octanol–water partition coefficient (Wildman–Crippen LogP) is 3.15. The smallest absolute Gasteiger partial charge is 0.220 e. The number of nitrogens with one attached hydrogen (secondary N) is 1. The van der Waals surface area contributed by atoms with Crippen LogP contribution in [0.25, 0.3) is 0 Å². The second-order valence-electron chi connectivity index (χ2n) is 6.69. The van der Waals surface area contributed by atoms with E-state index in [0.29, 0.717) is 13.0 Å². The quantitative estimate of drug-likeness (QED) is 0.854. The second-order valence-corrected chi connectivity index (χ2v) is 6.69. The number of carbonyl (C=O) groups is 1. The molecule has 0 spiro atoms. The van der Waals surface area contributed by atoms with E-state index in [0.717, 1.165) is 25.4 Å². The first-order valence-corrected chi connectivity index (χ1v) is 8.06. The molecule has 0 radical (unpaired) electrons. The van der Waals surface area contributed by atoms with Crippen LogP contribution in [0.3, 0.4) is 0 Å². The minimum absolute atomic E-state index is 0.0536. The van der Waals surface area contributed by atoms with Crippen molar-refractivity contribution in [2.75, 3.05) is 19.8 Å². The molecule has 2 heterocycles. The van der Waals surface area contributed by atoms with Crippen LogP contribution in [0, 0.1) is 5.41 Å². The molecule has 1 fully saturated rings. The van der Waals surface area contributed by atoms with E-state index >= 15 is 0 Å². The van der Waals surface area contributed by atoms with Gasteiger partial charge in [0.1, 0.15) is 5.76 Å². The predicted molar refractivity (Wildman–Crippen MR) is 88.1 cm³/mol. The number of benzene rings is 1. The Labute approximate surface area is 136 Å². The van der Waals surface area contributed by atoms with Crippen LogP contribution in [0.2, 0.25) is 0 Å². The molecular formula is C19H23NO3. The van der Waals surface area contributed by atoms with Crippen molar-refractivity contribution in [3.05, 3.63) is 60.1 Å². The number of amides is 1. The standard InChI is InChI=1S/C19H23NO3/c1-19(13-22-14-19)12-20-18(21)11-16(17-8-5-9-23-17)10-15-6-3-2-4-7-15/h2-9,16H,10-14H2,1H3,(H,20,21). The monoisotopic (exact) mass is 313 g/mol. The third-order valence-electron chi connectivity index (χ3n) is 4.32. The Hall–Kier alpha value is -2.07. The van der Waals surface area contributed by atoms with Gasteiger partial charge in [0.05, 0.1) is 19.5 Å². The summed E-state index contributed by atoms with van der Waals surface area (Å²) in [6.45, 7) is 4.24. The largest absolute Gasteiger partial charge is 0.469 e. The summed E-state index contributed by atoms with van der Waals surface area (Å²) in [5.74, 6) is 0.982. The lowest BCUT2D eigenvalue weighted by molar-refractivity contribution is -0.127. The molecule has 1 aliphatic heterocycles. The summed E-state index contributed by atoms with van der Waals surface area (Å²) in [4.78, 5) is 12.3. The van der Waals surface area contributed by atoms with E-state index in [9.17, 15) is 4.79 Å². The molecule has 4 heteroatoms. The fraction of sp³-hybridized carbons (Fsp3) is 0.421. The molecule has 1 aliphatic rings. The summed E-state index contributed by atoms with van der Waals surface area (Å²) in [5, 5.41) is 3.04. The van der Waals surface area contributed by atoms with Crippen LogP contribution in [-0.2, 0) is 16.0 Å². The molecular weight excluding hydrogens is 290 g/mol. The van der Waals surface area contributed by atoms with Crippen LogP contribution in [0.15, 0.2) is 53.1 Å². The molecule has 0 aliphatic carbocycles. The molecule has 1 saturated heterocycles. The van der Waals surface area contributed by atoms with Crippen LogP contribution in [0.5, 0.6) is 0 Å². The van der Waals surface area contributed by atoms with Crippen LogP contribution in [-0.4, -0.2) is 25.7 Å². The number of ether oxygens (including phenoxy) is 1. The van der Waals surface area contributed by atoms with Gasteiger partial charge in [0.15, 0.2) is 0 Å². The van der Waals surface area contributed by atoms with Crippen molar-refractivity contribution in [2.24, 2.45) is 5.41 Å². The van der Waals surface area contributed by atoms with E-state index in [-0.39, 0.29) is 17.2 Å². The van der Waals surface area contributed by atoms with E-state index in [1.807, 2.05) is 30.3 Å². The topological polar surface area (TPSA) is 51.5 Å². The number of furan rings is 1. The van der Waals surface area contributed by atoms with E-state index in [1.54, 1.807) is 6.26 Å². The summed E-state index contributed by atoms with van der Waals surface area (Å²) < 4.78 is 10.8. The van der Waals surface area contributed by atoms with E-state index in [1.165, 1.54) is 5.56 Å². The summed E-state index contributed by atoms with van der Waals surface area (Å²) in [5.41, 5.74) is 1.30. The van der Waals surface area contributed by atoms with E-state index in [2.05, 4.69) is 24.4 Å². The Kier molecular flexibility index (Phi) is 4.82. The molecule has 1 aromatic carbocycles. The van der Waals surface area contributed by atoms with Crippen molar-refractivity contribution in [3.63, 3.8) is 0 Å². The van der Waals surface area contributed by atoms with Crippen molar-refractivity contribution in [1.29, 1.82) is 0 Å². The van der Waals surface area contributed by atoms with Gasteiger partial charge in [0, 0.05) is 24.3 Å². The lowest BCUT2D eigenvalue weighted by atomic mass is 9.88. The maximum absolute atomic E-state index is 12.3. The van der Waals surface area contributed by atoms with Crippen molar-refractivity contribution < 1.29 is 13.9 Å². The number of hydrogen-bond donors (Lipinski definition) is 1. The fourth-order valence-corrected chi connectivity index (χ4v) is 2.86. The van der Waals surface area contributed by atoms with Crippen LogP contribution in [0.4, 0.5) is 0 Å². The molecule has 0 saturated carbocycles. The number of carbonyl (C=O) groups excluding carboxylic acids is 1. The number of rotatable bonds is 7. The summed E-state index contributed by atoms with van der Waals surface area (Å²) >= 11 is 0.